The Morgan fingerprint density at radius 3 is 2.60 bits per heavy atom. The van der Waals surface area contributed by atoms with Crippen molar-refractivity contribution in [3.8, 4) is 11.5 Å². The number of rotatable bonds is 5. The van der Waals surface area contributed by atoms with Gasteiger partial charge in [-0.25, -0.2) is 4.39 Å². The number of likely N-dealkylation sites (N-methyl/N-ethyl adjacent to an activating group) is 1. The van der Waals surface area contributed by atoms with Crippen LogP contribution in [0.2, 0.25) is 0 Å². The number of ether oxygens (including phenoxy) is 2. The van der Waals surface area contributed by atoms with E-state index in [4.69, 9.17) is 9.47 Å². The molecule has 8 nitrogen and oxygen atoms in total. The fourth-order valence-electron chi connectivity index (χ4n) is 4.90. The number of halogens is 1. The lowest BCUT2D eigenvalue weighted by atomic mass is 10.1. The molecule has 1 N–H and O–H groups in total. The first-order valence-corrected chi connectivity index (χ1v) is 12.1. The van der Waals surface area contributed by atoms with E-state index in [-0.39, 0.29) is 23.8 Å². The maximum Gasteiger partial charge on any atom is 0.261 e. The lowest BCUT2D eigenvalue weighted by Crippen LogP contribution is -2.46. The maximum atomic E-state index is 15.3. The normalized spacial score (nSPS) is 17.7. The van der Waals surface area contributed by atoms with Crippen LogP contribution in [-0.4, -0.2) is 54.9 Å². The zero-order chi connectivity index (χ0) is 24.1. The van der Waals surface area contributed by atoms with Crippen molar-refractivity contribution >= 4 is 28.2 Å². The molecule has 3 aromatic rings. The monoisotopic (exact) mass is 478 g/mol. The number of anilines is 2. The predicted molar refractivity (Wildman–Crippen MR) is 131 cm³/mol. The summed E-state index contributed by atoms with van der Waals surface area (Å²) in [5.41, 5.74) is 1.19. The summed E-state index contributed by atoms with van der Waals surface area (Å²) in [5, 5.41) is 3.00. The first-order valence-electron chi connectivity index (χ1n) is 12.1. The van der Waals surface area contributed by atoms with Crippen LogP contribution in [0.4, 0.5) is 15.8 Å². The number of hydrogen-bond acceptors (Lipinski definition) is 6. The summed E-state index contributed by atoms with van der Waals surface area (Å²) in [6.07, 6.45) is 3.55. The van der Waals surface area contributed by atoms with E-state index < -0.39 is 17.2 Å². The summed E-state index contributed by atoms with van der Waals surface area (Å²) in [7, 11) is 0. The van der Waals surface area contributed by atoms with E-state index >= 15 is 4.39 Å². The highest BCUT2D eigenvalue weighted by Crippen LogP contribution is 2.38. The first-order chi connectivity index (χ1) is 17.0. The van der Waals surface area contributed by atoms with E-state index in [9.17, 15) is 9.59 Å². The topological polar surface area (TPSA) is 76.0 Å². The molecule has 0 radical (unpaired) electrons. The Labute approximate surface area is 201 Å². The molecule has 0 unspecified atom stereocenters. The van der Waals surface area contributed by atoms with Crippen molar-refractivity contribution < 1.29 is 18.7 Å². The number of carbonyl (C=O) groups is 1. The third kappa shape index (κ3) is 3.99. The van der Waals surface area contributed by atoms with Crippen LogP contribution in [0.1, 0.15) is 36.2 Å². The molecule has 35 heavy (non-hydrogen) atoms. The zero-order valence-corrected chi connectivity index (χ0v) is 19.6. The molecule has 2 aliphatic heterocycles. The van der Waals surface area contributed by atoms with E-state index in [1.807, 2.05) is 9.47 Å². The molecule has 1 saturated heterocycles. The largest absolute Gasteiger partial charge is 0.454 e. The van der Waals surface area contributed by atoms with E-state index in [0.29, 0.717) is 28.4 Å². The Morgan fingerprint density at radius 1 is 1.09 bits per heavy atom. The van der Waals surface area contributed by atoms with Crippen LogP contribution in [0, 0.1) is 5.82 Å². The van der Waals surface area contributed by atoms with Gasteiger partial charge in [0.05, 0.1) is 11.2 Å². The molecule has 9 heteroatoms. The van der Waals surface area contributed by atoms with Gasteiger partial charge in [0, 0.05) is 55.6 Å². The Bertz CT molecular complexity index is 1380. The fourth-order valence-corrected chi connectivity index (χ4v) is 4.90. The average molecular weight is 479 g/mol. The van der Waals surface area contributed by atoms with Crippen LogP contribution in [0.5, 0.6) is 11.5 Å². The molecular weight excluding hydrogens is 451 g/mol. The highest BCUT2D eigenvalue weighted by molar-refractivity contribution is 6.06. The molecule has 3 aliphatic rings. The van der Waals surface area contributed by atoms with Gasteiger partial charge in [-0.3, -0.25) is 9.59 Å². The van der Waals surface area contributed by atoms with E-state index in [2.05, 4.69) is 17.1 Å². The van der Waals surface area contributed by atoms with Crippen LogP contribution in [-0.2, 0) is 0 Å². The molecule has 1 aromatic heterocycles. The van der Waals surface area contributed by atoms with Crippen LogP contribution < -0.4 is 25.1 Å². The van der Waals surface area contributed by atoms with Crippen molar-refractivity contribution in [2.75, 3.05) is 49.7 Å². The third-order valence-corrected chi connectivity index (χ3v) is 7.08. The highest BCUT2D eigenvalue weighted by atomic mass is 19.1. The molecule has 6 rings (SSSR count). The highest BCUT2D eigenvalue weighted by Gasteiger charge is 2.29. The molecule has 1 aliphatic carbocycles. The molecule has 1 amide bonds. The minimum Gasteiger partial charge on any atom is -0.454 e. The SMILES string of the molecule is CCN1CCN(c2cc3c(cc2F)c(=O)c(C(=O)Nc2ccc4c(c2)OCO4)cn3C2CC2)CC1. The Morgan fingerprint density at radius 2 is 1.86 bits per heavy atom. The number of benzene rings is 2. The zero-order valence-electron chi connectivity index (χ0n) is 19.6. The minimum absolute atomic E-state index is 0.00854. The number of carbonyl (C=O) groups excluding carboxylic acids is 1. The Balaban J connectivity index is 1.36. The number of aromatic nitrogens is 1. The van der Waals surface area contributed by atoms with Gasteiger partial charge in [-0.05, 0) is 43.7 Å². The number of nitrogens with one attached hydrogen (secondary N) is 1. The van der Waals surface area contributed by atoms with Crippen molar-refractivity contribution in [1.29, 1.82) is 0 Å². The van der Waals surface area contributed by atoms with Gasteiger partial charge >= 0.3 is 0 Å². The van der Waals surface area contributed by atoms with E-state index in [1.54, 1.807) is 30.5 Å². The number of nitrogens with zero attached hydrogens (tertiary/aromatic N) is 3. The van der Waals surface area contributed by atoms with Gasteiger partial charge in [-0.1, -0.05) is 6.92 Å². The number of fused-ring (bicyclic) bond motifs is 2. The maximum absolute atomic E-state index is 15.3. The third-order valence-electron chi connectivity index (χ3n) is 7.08. The van der Waals surface area contributed by atoms with Gasteiger partial charge in [-0.15, -0.1) is 0 Å². The van der Waals surface area contributed by atoms with Gasteiger partial charge in [0.1, 0.15) is 11.4 Å². The number of pyridine rings is 1. The van der Waals surface area contributed by atoms with Gasteiger partial charge in [0.25, 0.3) is 5.91 Å². The molecule has 2 aromatic carbocycles. The lowest BCUT2D eigenvalue weighted by molar-refractivity contribution is 0.102. The summed E-state index contributed by atoms with van der Waals surface area (Å²) in [6, 6.07) is 8.34. The molecule has 0 spiro atoms. The Hall–Kier alpha value is -3.59. The number of piperazine rings is 1. The van der Waals surface area contributed by atoms with Crippen LogP contribution in [0.15, 0.2) is 41.3 Å². The van der Waals surface area contributed by atoms with Crippen LogP contribution in [0.25, 0.3) is 10.9 Å². The molecule has 1 saturated carbocycles. The van der Waals surface area contributed by atoms with Crippen molar-refractivity contribution in [2.45, 2.75) is 25.8 Å². The summed E-state index contributed by atoms with van der Waals surface area (Å²) in [5.74, 6) is 0.166. The summed E-state index contributed by atoms with van der Waals surface area (Å²) in [6.45, 7) is 6.46. The van der Waals surface area contributed by atoms with Gasteiger partial charge in [0.15, 0.2) is 11.5 Å². The number of hydrogen-bond donors (Lipinski definition) is 1. The van der Waals surface area contributed by atoms with Gasteiger partial charge < -0.3 is 29.2 Å². The first kappa shape index (κ1) is 21.9. The second-order valence-corrected chi connectivity index (χ2v) is 9.27. The number of amides is 1. The van der Waals surface area contributed by atoms with Crippen molar-refractivity contribution in [3.63, 3.8) is 0 Å². The summed E-state index contributed by atoms with van der Waals surface area (Å²) >= 11 is 0. The fraction of sp³-hybridized carbons (Fsp3) is 0.385. The van der Waals surface area contributed by atoms with Gasteiger partial charge in [0.2, 0.25) is 12.2 Å². The van der Waals surface area contributed by atoms with Crippen molar-refractivity contribution in [3.05, 3.63) is 58.1 Å². The quantitative estimate of drug-likeness (QED) is 0.604. The standard InChI is InChI=1S/C26H27FN4O4/c1-2-29-7-9-30(10-8-29)22-13-21-18(12-20(22)27)25(32)19(14-31(21)17-4-5-17)26(33)28-16-3-6-23-24(11-16)35-15-34-23/h3,6,11-14,17H,2,4-5,7-10,15H2,1H3,(H,28,33). The van der Waals surface area contributed by atoms with E-state index in [0.717, 1.165) is 45.6 Å². The average Bonchev–Trinajstić information content (AvgIpc) is 3.61. The second kappa shape index (κ2) is 8.57. The molecule has 0 bridgehead atoms. The van der Waals surface area contributed by atoms with Gasteiger partial charge in [-0.2, -0.15) is 0 Å². The van der Waals surface area contributed by atoms with E-state index in [1.165, 1.54) is 6.07 Å². The minimum atomic E-state index is -0.537. The van der Waals surface area contributed by atoms with Crippen molar-refractivity contribution in [2.24, 2.45) is 0 Å². The second-order valence-electron chi connectivity index (χ2n) is 9.27. The Kier molecular flexibility index (Phi) is 5.36. The molecule has 2 fully saturated rings. The molecule has 182 valence electrons. The smallest absolute Gasteiger partial charge is 0.261 e. The van der Waals surface area contributed by atoms with Crippen molar-refractivity contribution in [1.82, 2.24) is 9.47 Å². The molecular formula is C26H27FN4O4. The lowest BCUT2D eigenvalue weighted by Gasteiger charge is -2.35. The molecule has 3 heterocycles. The summed E-state index contributed by atoms with van der Waals surface area (Å²) < 4.78 is 27.9. The summed E-state index contributed by atoms with van der Waals surface area (Å²) in [4.78, 5) is 30.9. The molecule has 0 atom stereocenters. The van der Waals surface area contributed by atoms with Crippen LogP contribution in [0.3, 0.4) is 0 Å². The predicted octanol–water partition coefficient (Wildman–Crippen LogP) is 3.60. The van der Waals surface area contributed by atoms with Crippen LogP contribution >= 0.6 is 0 Å².